The van der Waals surface area contributed by atoms with Crippen molar-refractivity contribution in [1.82, 2.24) is 20.2 Å². The van der Waals surface area contributed by atoms with E-state index in [-0.39, 0.29) is 32.0 Å². The Balaban J connectivity index is 1.53. The number of rotatable bonds is 20. The van der Waals surface area contributed by atoms with Crippen molar-refractivity contribution in [3.8, 4) is 0 Å². The van der Waals surface area contributed by atoms with Crippen molar-refractivity contribution in [3.63, 3.8) is 0 Å². The van der Waals surface area contributed by atoms with Gasteiger partial charge in [0, 0.05) is 42.6 Å². The summed E-state index contributed by atoms with van der Waals surface area (Å²) < 4.78 is 12.2. The molecule has 0 radical (unpaired) electrons. The zero-order chi connectivity index (χ0) is 33.4. The zero-order valence-electron chi connectivity index (χ0n) is 26.8. The second kappa shape index (κ2) is 22.8. The molecule has 3 N–H and O–H groups in total. The van der Waals surface area contributed by atoms with Gasteiger partial charge in [0.1, 0.15) is 18.9 Å². The van der Waals surface area contributed by atoms with Crippen molar-refractivity contribution in [1.29, 1.82) is 0 Å². The van der Waals surface area contributed by atoms with E-state index in [2.05, 4.69) is 93.3 Å². The topological polar surface area (TPSA) is 180 Å². The molecule has 3 atom stereocenters. The van der Waals surface area contributed by atoms with E-state index in [0.29, 0.717) is 12.0 Å². The number of allylic oxidation sites excluding steroid dienone is 10. The van der Waals surface area contributed by atoms with Gasteiger partial charge < -0.3 is 20.1 Å². The number of carbonyl (C=O) groups excluding carboxylic acids is 2. The van der Waals surface area contributed by atoms with Gasteiger partial charge in [-0.15, -0.1) is 0 Å². The quantitative estimate of drug-likeness (QED) is 0.0552. The fourth-order valence-corrected chi connectivity index (χ4v) is 4.44. The Morgan fingerprint density at radius 1 is 1.02 bits per heavy atom. The van der Waals surface area contributed by atoms with Crippen LogP contribution in [0.25, 0.3) is 10.4 Å². The number of ether oxygens (including phenoxy) is 2. The summed E-state index contributed by atoms with van der Waals surface area (Å²) in [4.78, 5) is 53.0. The van der Waals surface area contributed by atoms with Crippen LogP contribution in [-0.4, -0.2) is 53.4 Å². The van der Waals surface area contributed by atoms with Crippen LogP contribution in [0.15, 0.2) is 81.7 Å². The van der Waals surface area contributed by atoms with E-state index in [0.717, 1.165) is 44.9 Å². The van der Waals surface area contributed by atoms with Crippen molar-refractivity contribution in [3.05, 3.63) is 104 Å². The molecule has 1 aromatic heterocycles. The molecular weight excluding hydrogens is 590 g/mol. The van der Waals surface area contributed by atoms with Crippen LogP contribution in [-0.2, 0) is 14.3 Å². The third-order valence-electron chi connectivity index (χ3n) is 6.89. The Hall–Kier alpha value is -4.61. The number of carbonyl (C=O) groups is 2. The third kappa shape index (κ3) is 15.4. The van der Waals surface area contributed by atoms with Gasteiger partial charge in [-0.3, -0.25) is 19.1 Å². The SMILES string of the molecule is CC/C=C\C/C=C\C/C=C\C/C=C\C/C=C\CCCC(=O)NCCNC(=O)OC[C@H]1OC(n2cc(C)c(=O)[nH]c2=O)C[C@@H]1N=[N+]=[N-]. The first-order valence-electron chi connectivity index (χ1n) is 15.8. The maximum atomic E-state index is 12.2. The number of H-pyrrole nitrogens is 1. The Kier molecular flexibility index (Phi) is 18.7. The molecule has 1 aromatic rings. The van der Waals surface area contributed by atoms with E-state index in [1.165, 1.54) is 10.8 Å². The molecule has 1 aliphatic rings. The van der Waals surface area contributed by atoms with Crippen molar-refractivity contribution in [2.75, 3.05) is 19.7 Å². The van der Waals surface area contributed by atoms with Crippen LogP contribution in [0.4, 0.5) is 4.79 Å². The van der Waals surface area contributed by atoms with Crippen molar-refractivity contribution < 1.29 is 19.1 Å². The minimum Gasteiger partial charge on any atom is -0.447 e. The molecule has 250 valence electrons. The van der Waals surface area contributed by atoms with Crippen LogP contribution in [0.5, 0.6) is 0 Å². The number of aromatic nitrogens is 2. The second-order valence-electron chi connectivity index (χ2n) is 10.6. The summed E-state index contributed by atoms with van der Waals surface area (Å²) in [5.41, 5.74) is 8.06. The summed E-state index contributed by atoms with van der Waals surface area (Å²) in [5, 5.41) is 8.99. The first-order valence-corrected chi connectivity index (χ1v) is 15.8. The lowest BCUT2D eigenvalue weighted by Gasteiger charge is -2.17. The Morgan fingerprint density at radius 3 is 2.26 bits per heavy atom. The van der Waals surface area contributed by atoms with E-state index in [9.17, 15) is 19.2 Å². The number of alkyl carbamates (subject to hydrolysis) is 1. The number of nitrogens with one attached hydrogen (secondary N) is 3. The van der Waals surface area contributed by atoms with E-state index in [1.54, 1.807) is 6.92 Å². The van der Waals surface area contributed by atoms with Crippen LogP contribution < -0.4 is 21.9 Å². The van der Waals surface area contributed by atoms with Gasteiger partial charge in [-0.2, -0.15) is 0 Å². The monoisotopic (exact) mass is 637 g/mol. The highest BCUT2D eigenvalue weighted by molar-refractivity contribution is 5.75. The number of amides is 2. The van der Waals surface area contributed by atoms with Gasteiger partial charge in [0.15, 0.2) is 0 Å². The number of unbranched alkanes of at least 4 members (excludes halogenated alkanes) is 1. The summed E-state index contributed by atoms with van der Waals surface area (Å²) >= 11 is 0. The molecule has 0 aliphatic carbocycles. The lowest BCUT2D eigenvalue weighted by Crippen LogP contribution is -2.36. The summed E-state index contributed by atoms with van der Waals surface area (Å²) in [6.07, 6.45) is 27.4. The zero-order valence-corrected chi connectivity index (χ0v) is 26.8. The maximum absolute atomic E-state index is 12.2. The molecule has 1 unspecified atom stereocenters. The number of nitrogens with zero attached hydrogens (tertiary/aromatic N) is 4. The van der Waals surface area contributed by atoms with E-state index in [1.807, 2.05) is 0 Å². The van der Waals surface area contributed by atoms with Gasteiger partial charge in [-0.1, -0.05) is 72.8 Å². The van der Waals surface area contributed by atoms with Crippen LogP contribution in [0, 0.1) is 6.92 Å². The van der Waals surface area contributed by atoms with Crippen LogP contribution in [0.1, 0.15) is 76.5 Å². The lowest BCUT2D eigenvalue weighted by molar-refractivity contribution is -0.121. The molecule has 46 heavy (non-hydrogen) atoms. The van der Waals surface area contributed by atoms with Crippen molar-refractivity contribution >= 4 is 12.0 Å². The minimum atomic E-state index is -0.800. The molecule has 1 aliphatic heterocycles. The Morgan fingerprint density at radius 2 is 1.63 bits per heavy atom. The number of hydrogen-bond acceptors (Lipinski definition) is 7. The van der Waals surface area contributed by atoms with Gasteiger partial charge >= 0.3 is 11.8 Å². The molecule has 1 saturated heterocycles. The molecular formula is C33H47N7O6. The highest BCUT2D eigenvalue weighted by Gasteiger charge is 2.37. The number of hydrogen-bond donors (Lipinski definition) is 3. The fourth-order valence-electron chi connectivity index (χ4n) is 4.44. The molecule has 2 rings (SSSR count). The molecule has 0 bridgehead atoms. The normalized spacial score (nSPS) is 18.3. The average molecular weight is 638 g/mol. The smallest absolute Gasteiger partial charge is 0.407 e. The lowest BCUT2D eigenvalue weighted by atomic mass is 10.1. The van der Waals surface area contributed by atoms with Crippen LogP contribution in [0.2, 0.25) is 0 Å². The molecule has 0 saturated carbocycles. The van der Waals surface area contributed by atoms with Crippen LogP contribution >= 0.6 is 0 Å². The predicted molar refractivity (Wildman–Crippen MR) is 178 cm³/mol. The van der Waals surface area contributed by atoms with E-state index in [4.69, 9.17) is 15.0 Å². The summed E-state index contributed by atoms with van der Waals surface area (Å²) in [7, 11) is 0. The van der Waals surface area contributed by atoms with Gasteiger partial charge in [-0.25, -0.2) is 9.59 Å². The van der Waals surface area contributed by atoms with Gasteiger partial charge in [0.2, 0.25) is 5.91 Å². The number of aryl methyl sites for hydroxylation is 1. The van der Waals surface area contributed by atoms with Crippen molar-refractivity contribution in [2.45, 2.75) is 90.0 Å². The fraction of sp³-hybridized carbons (Fsp3) is 0.515. The minimum absolute atomic E-state index is 0.0992. The van der Waals surface area contributed by atoms with Crippen molar-refractivity contribution in [2.24, 2.45) is 5.11 Å². The molecule has 13 nitrogen and oxygen atoms in total. The van der Waals surface area contributed by atoms with Gasteiger partial charge in [0.05, 0.1) is 6.04 Å². The van der Waals surface area contributed by atoms with Crippen LogP contribution in [0.3, 0.4) is 0 Å². The highest BCUT2D eigenvalue weighted by atomic mass is 16.6. The number of azide groups is 1. The largest absolute Gasteiger partial charge is 0.447 e. The summed E-state index contributed by atoms with van der Waals surface area (Å²) in [6, 6.07) is -0.684. The summed E-state index contributed by atoms with van der Waals surface area (Å²) in [5.74, 6) is -0.0992. The first kappa shape index (κ1) is 37.6. The standard InChI is InChI=1S/C33H47N7O6/c1-3-4-5-6-7-8-9-10-11-12-13-14-15-16-17-18-19-20-29(41)35-21-22-36-33(44)45-25-28-27(38-39-34)23-30(46-28)40-24-26(2)31(42)37-32(40)43/h4-5,7-8,10-11,13-14,16-17,24,27-28,30H,3,6,9,12,15,18-23,25H2,1-2H3,(H,35,41)(H,36,44)(H,37,42,43)/b5-4-,8-7-,11-10-,14-13-,17-16-/t27-,28+,30?/m0/s1. The molecule has 2 heterocycles. The first-order chi connectivity index (χ1) is 22.3. The molecule has 0 aromatic carbocycles. The second-order valence-corrected chi connectivity index (χ2v) is 10.6. The molecule has 1 fully saturated rings. The highest BCUT2D eigenvalue weighted by Crippen LogP contribution is 2.30. The third-order valence-corrected chi connectivity index (χ3v) is 6.89. The van der Waals surface area contributed by atoms with Gasteiger partial charge in [0.25, 0.3) is 5.56 Å². The van der Waals surface area contributed by atoms with E-state index < -0.39 is 35.7 Å². The average Bonchev–Trinajstić information content (AvgIpc) is 3.44. The molecule has 2 amide bonds. The molecule has 13 heteroatoms. The Labute approximate surface area is 269 Å². The number of aromatic amines is 1. The van der Waals surface area contributed by atoms with Gasteiger partial charge in [-0.05, 0) is 57.4 Å². The van der Waals surface area contributed by atoms with E-state index >= 15 is 0 Å². The predicted octanol–water partition coefficient (Wildman–Crippen LogP) is 5.58. The Bertz CT molecular complexity index is 1400. The maximum Gasteiger partial charge on any atom is 0.407 e. The molecule has 0 spiro atoms. The summed E-state index contributed by atoms with van der Waals surface area (Å²) in [6.45, 7) is 3.88.